The number of alkyl halides is 1. The van der Waals surface area contributed by atoms with Crippen molar-refractivity contribution in [3.05, 3.63) is 34.5 Å². The van der Waals surface area contributed by atoms with Crippen LogP contribution < -0.4 is 15.4 Å². The number of nitrogens with zero attached hydrogens (tertiary/aromatic N) is 7. The molecular formula is C35H37F3N8O3S. The molecule has 4 aromatic rings. The molecule has 0 radical (unpaired) electrons. The zero-order valence-electron chi connectivity index (χ0n) is 30.2. The van der Waals surface area contributed by atoms with Crippen LogP contribution in [-0.2, 0) is 22.7 Å². The number of rotatable bonds is 8. The lowest BCUT2D eigenvalue weighted by molar-refractivity contribution is 0.107. The lowest BCUT2D eigenvalue weighted by atomic mass is 9.93. The number of nitrogens with two attached hydrogens (primary N) is 1. The summed E-state index contributed by atoms with van der Waals surface area (Å²) in [4.78, 5) is 20.6. The van der Waals surface area contributed by atoms with Gasteiger partial charge in [-0.25, -0.2) is 13.2 Å². The highest BCUT2D eigenvalue weighted by Gasteiger charge is 2.50. The number of likely N-dealkylation sites (tertiary alicyclic amines) is 1. The highest BCUT2D eigenvalue weighted by molar-refractivity contribution is 7.23. The van der Waals surface area contributed by atoms with E-state index in [0.717, 1.165) is 49.8 Å². The van der Waals surface area contributed by atoms with E-state index >= 15 is 8.78 Å². The van der Waals surface area contributed by atoms with Crippen molar-refractivity contribution in [1.82, 2.24) is 24.8 Å². The molecule has 9 rings (SSSR count). The van der Waals surface area contributed by atoms with Gasteiger partial charge in [-0.15, -0.1) is 11.3 Å². The molecule has 2 N–H and O–H groups in total. The summed E-state index contributed by atoms with van der Waals surface area (Å²) in [7, 11) is -2.47. The first kappa shape index (κ1) is 28.8. The number of benzene rings is 1. The van der Waals surface area contributed by atoms with Gasteiger partial charge in [-0.1, -0.05) is 0 Å². The molecular weight excluding hydrogens is 669 g/mol. The zero-order chi connectivity index (χ0) is 36.8. The predicted octanol–water partition coefficient (Wildman–Crippen LogP) is 4.92. The van der Waals surface area contributed by atoms with Crippen LogP contribution in [0.5, 0.6) is 6.01 Å². The maximum Gasteiger partial charge on any atom is 0.319 e. The van der Waals surface area contributed by atoms with Crippen LogP contribution in [-0.4, -0.2) is 102 Å². The quantitative estimate of drug-likeness (QED) is 0.268. The Morgan fingerprint density at radius 2 is 2.00 bits per heavy atom. The first-order valence-electron chi connectivity index (χ1n) is 18.5. The number of hydrogen-bond acceptors (Lipinski definition) is 12. The molecule has 0 aliphatic carbocycles. The normalized spacial score (nSPS) is 27.4. The fourth-order valence-corrected chi connectivity index (χ4v) is 10.1. The average molecular weight is 710 g/mol. The van der Waals surface area contributed by atoms with Crippen molar-refractivity contribution >= 4 is 43.1 Å². The van der Waals surface area contributed by atoms with Crippen molar-refractivity contribution in [2.75, 3.05) is 63.6 Å². The lowest BCUT2D eigenvalue weighted by Crippen LogP contribution is -2.54. The fraction of sp³-hybridized carbons (Fsp3) is 0.543. The van der Waals surface area contributed by atoms with E-state index in [1.54, 1.807) is 0 Å². The fourth-order valence-electron chi connectivity index (χ4n) is 9.22. The van der Waals surface area contributed by atoms with E-state index in [0.29, 0.717) is 54.9 Å². The monoisotopic (exact) mass is 709 g/mol. The molecule has 4 saturated heterocycles. The third-order valence-corrected chi connectivity index (χ3v) is 12.4. The molecule has 0 spiro atoms. The number of thiophene rings is 1. The van der Waals surface area contributed by atoms with Crippen LogP contribution in [0.1, 0.15) is 52.9 Å². The number of pyridine rings is 1. The summed E-state index contributed by atoms with van der Waals surface area (Å²) in [5, 5.41) is 10.7. The summed E-state index contributed by atoms with van der Waals surface area (Å²) < 4.78 is 86.9. The highest BCUT2D eigenvalue weighted by atomic mass is 32.1. The van der Waals surface area contributed by atoms with Crippen molar-refractivity contribution in [2.24, 2.45) is 0 Å². The van der Waals surface area contributed by atoms with Gasteiger partial charge in [-0.05, 0) is 43.4 Å². The van der Waals surface area contributed by atoms with Gasteiger partial charge < -0.3 is 24.8 Å². The second-order valence-corrected chi connectivity index (χ2v) is 15.1. The van der Waals surface area contributed by atoms with Crippen molar-refractivity contribution in [1.29, 1.82) is 5.26 Å². The molecule has 262 valence electrons. The van der Waals surface area contributed by atoms with E-state index in [9.17, 15) is 9.65 Å². The van der Waals surface area contributed by atoms with E-state index in [-0.39, 0.29) is 81.9 Å². The molecule has 1 aromatic carbocycles. The summed E-state index contributed by atoms with van der Waals surface area (Å²) in [6, 6.07) is 1.96. The summed E-state index contributed by atoms with van der Waals surface area (Å²) in [5.74, 6) is -0.892. The van der Waals surface area contributed by atoms with Gasteiger partial charge in [0.25, 0.3) is 0 Å². The number of piperazine rings is 1. The third kappa shape index (κ3) is 4.86. The Morgan fingerprint density at radius 3 is 2.80 bits per heavy atom. The summed E-state index contributed by atoms with van der Waals surface area (Å²) in [5.41, 5.74) is 6.95. The number of halogens is 3. The summed E-state index contributed by atoms with van der Waals surface area (Å²) in [6.45, 7) is 3.19. The summed E-state index contributed by atoms with van der Waals surface area (Å²) in [6.07, 6.45) is 3.76. The molecule has 0 saturated carbocycles. The SMILES string of the molecule is [2H]C([2H])([2H])OCCN1CC2CCC(C1)N2c1nc(OC[C@@]23CCCN2C[C@H](F)C3)nc2c(F)c(-c3ncc(F)c4sc(N)c(C#N)c34)c3c(c12)COC3. The Hall–Kier alpha value is -3.81. The molecule has 15 heteroatoms. The first-order chi connectivity index (χ1) is 25.4. The van der Waals surface area contributed by atoms with E-state index in [2.05, 4.69) is 19.7 Å². The largest absolute Gasteiger partial charge is 0.461 e. The Bertz CT molecular complexity index is 2170. The molecule has 4 atom stereocenters. The van der Waals surface area contributed by atoms with Crippen molar-refractivity contribution < 1.29 is 31.5 Å². The Kier molecular flexibility index (Phi) is 7.01. The van der Waals surface area contributed by atoms with Crippen molar-refractivity contribution in [2.45, 2.75) is 69.1 Å². The number of hydrogen-bond donors (Lipinski definition) is 1. The molecule has 2 unspecified atom stereocenters. The number of methoxy groups -OCH3 is 1. The van der Waals surface area contributed by atoms with Crippen LogP contribution in [0.25, 0.3) is 32.2 Å². The number of anilines is 2. The van der Waals surface area contributed by atoms with E-state index in [1.807, 2.05) is 6.07 Å². The van der Waals surface area contributed by atoms with Crippen LogP contribution in [0.2, 0.25) is 0 Å². The number of ether oxygens (including phenoxy) is 3. The van der Waals surface area contributed by atoms with Gasteiger partial charge in [-0.2, -0.15) is 15.2 Å². The molecule has 11 nitrogen and oxygen atoms in total. The second-order valence-electron chi connectivity index (χ2n) is 14.1. The standard InChI is InChI=1S/C35H37F3N8O3S/c1-47-8-7-44-13-19-3-4-20(14-44)46(19)33-27-23-16-48-15-22(23)25(29-26-21(10-39)32(40)50-31(26)24(37)11-41-29)28(38)30(27)42-34(43-33)49-17-35-5-2-6-45(35)12-18(36)9-35/h11,18-20H,2-9,12-17,40H2,1H3/t18-,19?,20?,35+/m1/s1/i1D3. The maximum absolute atomic E-state index is 17.5. The second kappa shape index (κ2) is 12.2. The van der Waals surface area contributed by atoms with Crippen LogP contribution in [0.15, 0.2) is 6.20 Å². The van der Waals surface area contributed by atoms with Gasteiger partial charge in [0.05, 0.1) is 57.0 Å². The van der Waals surface area contributed by atoms with Crippen molar-refractivity contribution in [3.8, 4) is 23.3 Å². The number of aromatic nitrogens is 3. The van der Waals surface area contributed by atoms with Gasteiger partial charge >= 0.3 is 6.01 Å². The lowest BCUT2D eigenvalue weighted by Gasteiger charge is -2.42. The molecule has 4 fully saturated rings. The van der Waals surface area contributed by atoms with E-state index < -0.39 is 30.4 Å². The topological polar surface area (TPSA) is 126 Å². The molecule has 5 aliphatic heterocycles. The van der Waals surface area contributed by atoms with Gasteiger partial charge in [0.1, 0.15) is 35.2 Å². The minimum atomic E-state index is -2.47. The van der Waals surface area contributed by atoms with Crippen LogP contribution in [0.3, 0.4) is 0 Å². The number of nitriles is 1. The van der Waals surface area contributed by atoms with E-state index in [4.69, 9.17) is 34.0 Å². The molecule has 8 heterocycles. The van der Waals surface area contributed by atoms with Gasteiger partial charge in [0.15, 0.2) is 11.6 Å². The minimum absolute atomic E-state index is 0.0197. The van der Waals surface area contributed by atoms with Gasteiger partial charge in [-0.3, -0.25) is 14.8 Å². The molecule has 50 heavy (non-hydrogen) atoms. The Labute approximate surface area is 294 Å². The van der Waals surface area contributed by atoms with Crippen LogP contribution in [0.4, 0.5) is 24.0 Å². The summed E-state index contributed by atoms with van der Waals surface area (Å²) >= 11 is 0.908. The zero-order valence-corrected chi connectivity index (χ0v) is 28.0. The van der Waals surface area contributed by atoms with Gasteiger partial charge in [0, 0.05) is 62.7 Å². The average Bonchev–Trinajstić information content (AvgIpc) is 3.92. The molecule has 2 bridgehead atoms. The van der Waals surface area contributed by atoms with Crippen molar-refractivity contribution in [3.63, 3.8) is 0 Å². The minimum Gasteiger partial charge on any atom is -0.461 e. The molecule has 0 amide bonds. The predicted molar refractivity (Wildman–Crippen MR) is 182 cm³/mol. The van der Waals surface area contributed by atoms with Gasteiger partial charge in [0.2, 0.25) is 0 Å². The third-order valence-electron chi connectivity index (χ3n) is 11.3. The Balaban J connectivity index is 1.18. The number of fused-ring (bicyclic) bond motifs is 7. The molecule has 3 aromatic heterocycles. The Morgan fingerprint density at radius 1 is 1.18 bits per heavy atom. The highest BCUT2D eigenvalue weighted by Crippen LogP contribution is 2.48. The van der Waals surface area contributed by atoms with Crippen LogP contribution in [0, 0.1) is 23.0 Å². The van der Waals surface area contributed by atoms with E-state index in [1.165, 1.54) is 0 Å². The maximum atomic E-state index is 17.5. The smallest absolute Gasteiger partial charge is 0.319 e. The number of nitrogen functional groups attached to an aromatic ring is 1. The van der Waals surface area contributed by atoms with Crippen LogP contribution >= 0.6 is 11.3 Å². The first-order valence-corrected chi connectivity index (χ1v) is 17.8. The molecule has 5 aliphatic rings.